The Balaban J connectivity index is 1.75. The number of benzene rings is 1. The number of nitrogens with zero attached hydrogens (tertiary/aromatic N) is 1. The predicted octanol–water partition coefficient (Wildman–Crippen LogP) is 6.35. The van der Waals surface area contributed by atoms with Gasteiger partial charge in [0.05, 0.1) is 11.8 Å². The first-order valence-electron chi connectivity index (χ1n) is 10.5. The molecule has 1 amide bonds. The molecule has 3 aromatic heterocycles. The lowest BCUT2D eigenvalue weighted by molar-refractivity contribution is 0.0380. The number of fused-ring (bicyclic) bond motifs is 1. The number of anilines is 2. The SMILES string of the molecule is Cc1ccc(-c2csc(NC(=O)c3sc4nc(C)cc(C)c4c3N)c2C(=O)OC(C)C)cc1. The highest BCUT2D eigenvalue weighted by Crippen LogP contribution is 2.39. The molecular weight excluding hydrogens is 454 g/mol. The van der Waals surface area contributed by atoms with Gasteiger partial charge in [-0.3, -0.25) is 4.79 Å². The van der Waals surface area contributed by atoms with Gasteiger partial charge in [-0.25, -0.2) is 9.78 Å². The quantitative estimate of drug-likeness (QED) is 0.325. The van der Waals surface area contributed by atoms with Gasteiger partial charge in [0.25, 0.3) is 5.91 Å². The van der Waals surface area contributed by atoms with Gasteiger partial charge in [-0.05, 0) is 51.8 Å². The third-order valence-corrected chi connectivity index (χ3v) is 7.15. The van der Waals surface area contributed by atoms with Gasteiger partial charge in [-0.1, -0.05) is 29.8 Å². The molecule has 170 valence electrons. The zero-order valence-corrected chi connectivity index (χ0v) is 20.7. The topological polar surface area (TPSA) is 94.3 Å². The maximum Gasteiger partial charge on any atom is 0.342 e. The number of ether oxygens (including phenoxy) is 1. The molecule has 0 unspecified atom stereocenters. The Hall–Kier alpha value is -3.23. The molecule has 0 aliphatic rings. The summed E-state index contributed by atoms with van der Waals surface area (Å²) in [4.78, 5) is 31.9. The van der Waals surface area contributed by atoms with Crippen LogP contribution in [0.3, 0.4) is 0 Å². The van der Waals surface area contributed by atoms with Crippen LogP contribution in [0.5, 0.6) is 0 Å². The zero-order valence-electron chi connectivity index (χ0n) is 19.1. The molecule has 0 aliphatic heterocycles. The molecule has 0 radical (unpaired) electrons. The standard InChI is InChI=1S/C25H25N3O3S2/c1-12(2)31-25(30)19-17(16-8-6-13(3)7-9-16)11-32-23(19)28-22(29)21-20(26)18-14(4)10-15(5)27-24(18)33-21/h6-12H,26H2,1-5H3,(H,28,29). The van der Waals surface area contributed by atoms with E-state index in [9.17, 15) is 9.59 Å². The first-order chi connectivity index (χ1) is 15.7. The van der Waals surface area contributed by atoms with Crippen LogP contribution in [-0.4, -0.2) is 23.0 Å². The fraction of sp³-hybridized carbons (Fsp3) is 0.240. The summed E-state index contributed by atoms with van der Waals surface area (Å²) in [5.74, 6) is -0.849. The largest absolute Gasteiger partial charge is 0.459 e. The number of carbonyl (C=O) groups is 2. The van der Waals surface area contributed by atoms with Gasteiger partial charge >= 0.3 is 5.97 Å². The highest BCUT2D eigenvalue weighted by atomic mass is 32.1. The smallest absolute Gasteiger partial charge is 0.342 e. The fourth-order valence-corrected chi connectivity index (χ4v) is 5.73. The molecule has 0 saturated heterocycles. The molecular formula is C25H25N3O3S2. The molecule has 3 N–H and O–H groups in total. The summed E-state index contributed by atoms with van der Waals surface area (Å²) in [6.07, 6.45) is -0.289. The Morgan fingerprint density at radius 3 is 2.48 bits per heavy atom. The number of hydrogen-bond donors (Lipinski definition) is 2. The van der Waals surface area contributed by atoms with Crippen LogP contribution in [0.25, 0.3) is 21.3 Å². The van der Waals surface area contributed by atoms with Crippen molar-refractivity contribution in [2.24, 2.45) is 0 Å². The minimum absolute atomic E-state index is 0.289. The molecule has 0 spiro atoms. The average Bonchev–Trinajstić information content (AvgIpc) is 3.29. The minimum Gasteiger partial charge on any atom is -0.459 e. The second-order valence-electron chi connectivity index (χ2n) is 8.23. The van der Waals surface area contributed by atoms with Gasteiger partial charge in [-0.15, -0.1) is 22.7 Å². The molecule has 3 heterocycles. The van der Waals surface area contributed by atoms with Crippen molar-refractivity contribution in [1.29, 1.82) is 0 Å². The van der Waals surface area contributed by atoms with E-state index in [0.29, 0.717) is 21.1 Å². The van der Waals surface area contributed by atoms with E-state index >= 15 is 0 Å². The van der Waals surface area contributed by atoms with Crippen molar-refractivity contribution in [2.75, 3.05) is 11.1 Å². The summed E-state index contributed by atoms with van der Waals surface area (Å²) in [5.41, 5.74) is 11.6. The summed E-state index contributed by atoms with van der Waals surface area (Å²) in [7, 11) is 0. The number of hydrogen-bond acceptors (Lipinski definition) is 7. The van der Waals surface area contributed by atoms with Crippen LogP contribution < -0.4 is 11.1 Å². The van der Waals surface area contributed by atoms with E-state index in [1.165, 1.54) is 22.7 Å². The van der Waals surface area contributed by atoms with Crippen molar-refractivity contribution in [1.82, 2.24) is 4.98 Å². The molecule has 0 atom stereocenters. The van der Waals surface area contributed by atoms with E-state index in [4.69, 9.17) is 10.5 Å². The molecule has 1 aromatic carbocycles. The number of aryl methyl sites for hydroxylation is 3. The van der Waals surface area contributed by atoms with Gasteiger partial charge < -0.3 is 15.8 Å². The third kappa shape index (κ3) is 4.49. The van der Waals surface area contributed by atoms with E-state index in [-0.39, 0.29) is 12.0 Å². The van der Waals surface area contributed by atoms with Crippen molar-refractivity contribution >= 4 is 55.5 Å². The molecule has 33 heavy (non-hydrogen) atoms. The maximum absolute atomic E-state index is 13.2. The van der Waals surface area contributed by atoms with Crippen LogP contribution >= 0.6 is 22.7 Å². The molecule has 0 fully saturated rings. The van der Waals surface area contributed by atoms with Gasteiger partial charge in [-0.2, -0.15) is 0 Å². The number of rotatable bonds is 5. The second-order valence-corrected chi connectivity index (χ2v) is 10.1. The highest BCUT2D eigenvalue weighted by molar-refractivity contribution is 7.21. The number of carbonyl (C=O) groups excluding carboxylic acids is 2. The molecule has 4 aromatic rings. The van der Waals surface area contributed by atoms with Crippen molar-refractivity contribution in [3.63, 3.8) is 0 Å². The first kappa shape index (κ1) is 22.9. The third-order valence-electron chi connectivity index (χ3n) is 5.16. The lowest BCUT2D eigenvalue weighted by atomic mass is 10.0. The number of nitrogens with one attached hydrogen (secondary N) is 1. The van der Waals surface area contributed by atoms with Gasteiger partial charge in [0.1, 0.15) is 20.3 Å². The Labute approximate surface area is 200 Å². The summed E-state index contributed by atoms with van der Waals surface area (Å²) in [6, 6.07) is 9.82. The van der Waals surface area contributed by atoms with E-state index in [1.807, 2.05) is 56.5 Å². The monoisotopic (exact) mass is 479 g/mol. The van der Waals surface area contributed by atoms with E-state index in [0.717, 1.165) is 38.2 Å². The average molecular weight is 480 g/mol. The van der Waals surface area contributed by atoms with Crippen molar-refractivity contribution in [3.8, 4) is 11.1 Å². The summed E-state index contributed by atoms with van der Waals surface area (Å²) < 4.78 is 5.49. The summed E-state index contributed by atoms with van der Waals surface area (Å²) in [5, 5.41) is 5.98. The van der Waals surface area contributed by atoms with Crippen molar-refractivity contribution in [3.05, 3.63) is 63.0 Å². The first-order valence-corrected chi connectivity index (χ1v) is 12.2. The van der Waals surface area contributed by atoms with Crippen molar-refractivity contribution in [2.45, 2.75) is 40.7 Å². The number of esters is 1. The Kier molecular flexibility index (Phi) is 6.23. The Morgan fingerprint density at radius 1 is 1.12 bits per heavy atom. The van der Waals surface area contributed by atoms with Crippen LogP contribution in [0, 0.1) is 20.8 Å². The fourth-order valence-electron chi connectivity index (χ4n) is 3.67. The van der Waals surface area contributed by atoms with Gasteiger partial charge in [0.15, 0.2) is 0 Å². The summed E-state index contributed by atoms with van der Waals surface area (Å²) >= 11 is 2.54. The lowest BCUT2D eigenvalue weighted by Crippen LogP contribution is -2.16. The second kappa shape index (κ2) is 8.96. The molecule has 8 heteroatoms. The van der Waals surface area contributed by atoms with Crippen LogP contribution in [0.2, 0.25) is 0 Å². The van der Waals surface area contributed by atoms with Crippen LogP contribution in [0.4, 0.5) is 10.7 Å². The van der Waals surface area contributed by atoms with Gasteiger partial charge in [0.2, 0.25) is 0 Å². The lowest BCUT2D eigenvalue weighted by Gasteiger charge is -2.12. The van der Waals surface area contributed by atoms with Crippen LogP contribution in [0.1, 0.15) is 50.7 Å². The molecule has 0 saturated carbocycles. The Bertz CT molecular complexity index is 1370. The predicted molar refractivity (Wildman–Crippen MR) is 137 cm³/mol. The normalized spacial score (nSPS) is 11.2. The zero-order chi connectivity index (χ0) is 23.9. The number of amides is 1. The number of thiophene rings is 2. The van der Waals surface area contributed by atoms with Crippen LogP contribution in [0.15, 0.2) is 35.7 Å². The molecule has 6 nitrogen and oxygen atoms in total. The van der Waals surface area contributed by atoms with E-state index in [1.54, 1.807) is 13.8 Å². The number of pyridine rings is 1. The Morgan fingerprint density at radius 2 is 1.82 bits per heavy atom. The van der Waals surface area contributed by atoms with E-state index in [2.05, 4.69) is 10.3 Å². The minimum atomic E-state index is -0.477. The van der Waals surface area contributed by atoms with Crippen molar-refractivity contribution < 1.29 is 14.3 Å². The molecule has 4 rings (SSSR count). The van der Waals surface area contributed by atoms with Gasteiger partial charge in [0, 0.05) is 22.0 Å². The highest BCUT2D eigenvalue weighted by Gasteiger charge is 2.26. The number of nitrogen functional groups attached to an aromatic ring is 1. The maximum atomic E-state index is 13.2. The van der Waals surface area contributed by atoms with Crippen LogP contribution in [-0.2, 0) is 4.74 Å². The van der Waals surface area contributed by atoms with E-state index < -0.39 is 5.97 Å². The summed E-state index contributed by atoms with van der Waals surface area (Å²) in [6.45, 7) is 9.46. The molecule has 0 aliphatic carbocycles. The molecule has 0 bridgehead atoms. The number of aromatic nitrogens is 1. The number of nitrogens with two attached hydrogens (primary N) is 1.